The molecule has 112 valence electrons. The number of halogens is 2. The van der Waals surface area contributed by atoms with E-state index in [4.69, 9.17) is 17.3 Å². The Morgan fingerprint density at radius 2 is 1.76 bits per heavy atom. The van der Waals surface area contributed by atoms with Crippen LogP contribution in [0.1, 0.15) is 5.56 Å². The molecule has 0 saturated heterocycles. The number of rotatable bonds is 3. The molecule has 0 atom stereocenters. The Balaban J connectivity index is 2.51. The first-order valence-corrected chi connectivity index (χ1v) is 7.85. The van der Waals surface area contributed by atoms with Crippen molar-refractivity contribution in [2.24, 2.45) is 0 Å². The highest BCUT2D eigenvalue weighted by molar-refractivity contribution is 7.93. The van der Waals surface area contributed by atoms with Crippen LogP contribution in [0.25, 0.3) is 0 Å². The zero-order valence-electron chi connectivity index (χ0n) is 11.5. The maximum atomic E-state index is 13.3. The second-order valence-electron chi connectivity index (χ2n) is 4.61. The Labute approximate surface area is 128 Å². The lowest BCUT2D eigenvalue weighted by atomic mass is 10.2. The van der Waals surface area contributed by atoms with E-state index in [1.54, 1.807) is 24.3 Å². The Bertz CT molecular complexity index is 776. The van der Waals surface area contributed by atoms with Crippen LogP contribution in [0.2, 0.25) is 5.02 Å². The third-order valence-corrected chi connectivity index (χ3v) is 5.34. The molecule has 0 aliphatic carbocycles. The minimum atomic E-state index is -3.92. The Hall–Kier alpha value is -1.79. The number of hydrogen-bond acceptors (Lipinski definition) is 3. The van der Waals surface area contributed by atoms with Gasteiger partial charge < -0.3 is 5.73 Å². The second-order valence-corrected chi connectivity index (χ2v) is 6.96. The van der Waals surface area contributed by atoms with Crippen LogP contribution in [-0.2, 0) is 10.0 Å². The first kappa shape index (κ1) is 15.6. The fourth-order valence-electron chi connectivity index (χ4n) is 1.78. The number of hydrogen-bond donors (Lipinski definition) is 1. The SMILES string of the molecule is Cc1ccc(N(C)S(=O)(=O)c2cc(N)c(F)cc2Cl)cc1. The van der Waals surface area contributed by atoms with E-state index < -0.39 is 15.8 Å². The summed E-state index contributed by atoms with van der Waals surface area (Å²) in [6.07, 6.45) is 0. The smallest absolute Gasteiger partial charge is 0.265 e. The summed E-state index contributed by atoms with van der Waals surface area (Å²) in [5.41, 5.74) is 6.64. The third kappa shape index (κ3) is 2.96. The standard InChI is InChI=1S/C14H14ClFN2O2S/c1-9-3-5-10(6-4-9)18(2)21(19,20)14-8-13(17)12(16)7-11(14)15/h3-8H,17H2,1-2H3. The monoisotopic (exact) mass is 328 g/mol. The third-order valence-electron chi connectivity index (χ3n) is 3.09. The molecule has 2 N–H and O–H groups in total. The first-order chi connectivity index (χ1) is 9.73. The van der Waals surface area contributed by atoms with Gasteiger partial charge in [-0.1, -0.05) is 29.3 Å². The maximum absolute atomic E-state index is 13.3. The van der Waals surface area contributed by atoms with Gasteiger partial charge in [0.1, 0.15) is 10.7 Å². The molecular weight excluding hydrogens is 315 g/mol. The van der Waals surface area contributed by atoms with Crippen molar-refractivity contribution >= 4 is 33.0 Å². The Morgan fingerprint density at radius 1 is 1.19 bits per heavy atom. The molecule has 0 bridgehead atoms. The van der Waals surface area contributed by atoms with Gasteiger partial charge in [0.2, 0.25) is 0 Å². The van der Waals surface area contributed by atoms with E-state index in [-0.39, 0.29) is 15.6 Å². The van der Waals surface area contributed by atoms with Gasteiger partial charge in [-0.25, -0.2) is 12.8 Å². The van der Waals surface area contributed by atoms with Crippen LogP contribution >= 0.6 is 11.6 Å². The van der Waals surface area contributed by atoms with Crippen LogP contribution in [0.3, 0.4) is 0 Å². The molecule has 4 nitrogen and oxygen atoms in total. The van der Waals surface area contributed by atoms with Gasteiger partial charge in [-0.3, -0.25) is 4.31 Å². The molecule has 2 rings (SSSR count). The summed E-state index contributed by atoms with van der Waals surface area (Å²) in [5.74, 6) is -0.753. The molecule has 0 fully saturated rings. The predicted octanol–water partition coefficient (Wildman–Crippen LogP) is 3.19. The van der Waals surface area contributed by atoms with Crippen molar-refractivity contribution in [2.75, 3.05) is 17.1 Å². The highest BCUT2D eigenvalue weighted by Gasteiger charge is 2.25. The van der Waals surface area contributed by atoms with Crippen LogP contribution in [0.15, 0.2) is 41.3 Å². The van der Waals surface area contributed by atoms with Gasteiger partial charge in [-0.15, -0.1) is 0 Å². The molecule has 0 spiro atoms. The molecule has 2 aromatic rings. The fourth-order valence-corrected chi connectivity index (χ4v) is 3.50. The van der Waals surface area contributed by atoms with Crippen molar-refractivity contribution in [2.45, 2.75) is 11.8 Å². The molecule has 0 aromatic heterocycles. The summed E-state index contributed by atoms with van der Waals surface area (Å²) in [6, 6.07) is 8.86. The number of nitrogens with zero attached hydrogens (tertiary/aromatic N) is 1. The van der Waals surface area contributed by atoms with E-state index in [2.05, 4.69) is 0 Å². The first-order valence-electron chi connectivity index (χ1n) is 6.03. The number of nitrogens with two attached hydrogens (primary N) is 1. The van der Waals surface area contributed by atoms with Crippen molar-refractivity contribution in [3.63, 3.8) is 0 Å². The summed E-state index contributed by atoms with van der Waals surface area (Å²) in [6.45, 7) is 1.90. The molecule has 0 heterocycles. The molecule has 0 saturated carbocycles. The lowest BCUT2D eigenvalue weighted by Gasteiger charge is -2.20. The summed E-state index contributed by atoms with van der Waals surface area (Å²) in [5, 5.41) is -0.208. The number of aryl methyl sites for hydroxylation is 1. The lowest BCUT2D eigenvalue weighted by molar-refractivity contribution is 0.593. The van der Waals surface area contributed by atoms with E-state index in [1.807, 2.05) is 6.92 Å². The number of anilines is 2. The Morgan fingerprint density at radius 3 is 2.33 bits per heavy atom. The summed E-state index contributed by atoms with van der Waals surface area (Å²) in [7, 11) is -2.52. The molecule has 0 amide bonds. The molecule has 2 aromatic carbocycles. The summed E-state index contributed by atoms with van der Waals surface area (Å²) in [4.78, 5) is -0.230. The van der Waals surface area contributed by atoms with Crippen LogP contribution in [0.4, 0.5) is 15.8 Å². The van der Waals surface area contributed by atoms with Crippen molar-refractivity contribution in [3.8, 4) is 0 Å². The van der Waals surface area contributed by atoms with Crippen molar-refractivity contribution in [1.29, 1.82) is 0 Å². The van der Waals surface area contributed by atoms with Crippen molar-refractivity contribution in [1.82, 2.24) is 0 Å². The predicted molar refractivity (Wildman–Crippen MR) is 82.6 cm³/mol. The highest BCUT2D eigenvalue weighted by atomic mass is 35.5. The molecule has 0 aliphatic heterocycles. The minimum Gasteiger partial charge on any atom is -0.396 e. The van der Waals surface area contributed by atoms with E-state index in [9.17, 15) is 12.8 Å². The van der Waals surface area contributed by atoms with Crippen LogP contribution in [0.5, 0.6) is 0 Å². The normalized spacial score (nSPS) is 11.4. The summed E-state index contributed by atoms with van der Waals surface area (Å²) < 4.78 is 39.5. The van der Waals surface area contributed by atoms with E-state index in [0.717, 1.165) is 22.0 Å². The maximum Gasteiger partial charge on any atom is 0.265 e. The average molecular weight is 329 g/mol. The quantitative estimate of drug-likeness (QED) is 0.880. The molecule has 0 aliphatic rings. The molecule has 0 radical (unpaired) electrons. The molecule has 21 heavy (non-hydrogen) atoms. The number of nitrogen functional groups attached to an aromatic ring is 1. The van der Waals surface area contributed by atoms with E-state index in [1.165, 1.54) is 7.05 Å². The molecular formula is C14H14ClFN2O2S. The van der Waals surface area contributed by atoms with Gasteiger partial charge in [0.25, 0.3) is 10.0 Å². The van der Waals surface area contributed by atoms with Crippen LogP contribution in [-0.4, -0.2) is 15.5 Å². The lowest BCUT2D eigenvalue weighted by Crippen LogP contribution is -2.27. The van der Waals surface area contributed by atoms with Gasteiger partial charge in [-0.05, 0) is 31.2 Å². The van der Waals surface area contributed by atoms with Crippen LogP contribution < -0.4 is 10.0 Å². The van der Waals surface area contributed by atoms with Gasteiger partial charge in [0, 0.05) is 7.05 Å². The minimum absolute atomic E-state index is 0.208. The summed E-state index contributed by atoms with van der Waals surface area (Å²) >= 11 is 5.84. The number of sulfonamides is 1. The zero-order valence-corrected chi connectivity index (χ0v) is 13.0. The largest absolute Gasteiger partial charge is 0.396 e. The second kappa shape index (κ2) is 5.54. The van der Waals surface area contributed by atoms with E-state index >= 15 is 0 Å². The average Bonchev–Trinajstić information content (AvgIpc) is 2.42. The van der Waals surface area contributed by atoms with Gasteiger partial charge in [-0.2, -0.15) is 0 Å². The molecule has 0 unspecified atom stereocenters. The van der Waals surface area contributed by atoms with E-state index in [0.29, 0.717) is 5.69 Å². The van der Waals surface area contributed by atoms with Gasteiger partial charge in [0.15, 0.2) is 0 Å². The van der Waals surface area contributed by atoms with Crippen LogP contribution in [0, 0.1) is 12.7 Å². The zero-order chi connectivity index (χ0) is 15.8. The van der Waals surface area contributed by atoms with Gasteiger partial charge >= 0.3 is 0 Å². The van der Waals surface area contributed by atoms with Crippen molar-refractivity contribution < 1.29 is 12.8 Å². The topological polar surface area (TPSA) is 63.4 Å². The molecule has 7 heteroatoms. The highest BCUT2D eigenvalue weighted by Crippen LogP contribution is 2.30. The Kier molecular flexibility index (Phi) is 4.11. The fraction of sp³-hybridized carbons (Fsp3) is 0.143. The van der Waals surface area contributed by atoms with Crippen molar-refractivity contribution in [3.05, 3.63) is 52.8 Å². The van der Waals surface area contributed by atoms with Gasteiger partial charge in [0.05, 0.1) is 16.4 Å². The number of benzene rings is 2.